The van der Waals surface area contributed by atoms with Crippen LogP contribution in [0.2, 0.25) is 0 Å². The molecule has 1 heterocycles. The first-order valence-corrected chi connectivity index (χ1v) is 5.58. The van der Waals surface area contributed by atoms with Crippen LogP contribution in [0.15, 0.2) is 24.3 Å². The maximum atomic E-state index is 11.3. The number of nitro groups is 1. The van der Waals surface area contributed by atoms with Crippen molar-refractivity contribution in [3.63, 3.8) is 0 Å². The van der Waals surface area contributed by atoms with E-state index < -0.39 is 11.0 Å². The molecule has 19 heavy (non-hydrogen) atoms. The molecule has 1 amide bonds. The third kappa shape index (κ3) is 3.14. The third-order valence-corrected chi connectivity index (χ3v) is 3.06. The van der Waals surface area contributed by atoms with E-state index in [-0.39, 0.29) is 29.6 Å². The number of cyclic esters (lactones) is 1. The molecule has 0 aromatic heterocycles. The van der Waals surface area contributed by atoms with Gasteiger partial charge in [-0.2, -0.15) is 0 Å². The topological polar surface area (TPSA) is 81.5 Å². The van der Waals surface area contributed by atoms with Crippen molar-refractivity contribution in [2.24, 2.45) is 5.41 Å². The lowest BCUT2D eigenvalue weighted by Crippen LogP contribution is -2.46. The molecule has 1 atom stereocenters. The molecule has 0 bridgehead atoms. The smallest absolute Gasteiger partial charge is 0.407 e. The van der Waals surface area contributed by atoms with Crippen LogP contribution in [0.4, 0.5) is 10.5 Å². The molecule has 7 heteroatoms. The molecule has 0 spiro atoms. The van der Waals surface area contributed by atoms with Crippen LogP contribution in [0.3, 0.4) is 0 Å². The largest absolute Gasteiger partial charge is 0.449 e. The number of rotatable bonds is 2. The molecule has 1 fully saturated rings. The predicted octanol–water partition coefficient (Wildman–Crippen LogP) is 2.82. The van der Waals surface area contributed by atoms with Crippen LogP contribution in [-0.2, 0) is 4.74 Å². The molecule has 1 aromatic carbocycles. The van der Waals surface area contributed by atoms with Crippen molar-refractivity contribution in [2.45, 2.75) is 19.9 Å². The Balaban J connectivity index is 0.00000180. The van der Waals surface area contributed by atoms with E-state index in [9.17, 15) is 14.9 Å². The van der Waals surface area contributed by atoms with Gasteiger partial charge in [-0.15, -0.1) is 12.4 Å². The van der Waals surface area contributed by atoms with Gasteiger partial charge in [0.1, 0.15) is 6.61 Å². The summed E-state index contributed by atoms with van der Waals surface area (Å²) in [5.74, 6) is 0. The van der Waals surface area contributed by atoms with Crippen molar-refractivity contribution in [2.75, 3.05) is 6.61 Å². The molecule has 1 N–H and O–H groups in total. The highest BCUT2D eigenvalue weighted by molar-refractivity contribution is 5.85. The monoisotopic (exact) mass is 286 g/mol. The highest BCUT2D eigenvalue weighted by Gasteiger charge is 2.37. The highest BCUT2D eigenvalue weighted by Crippen LogP contribution is 2.36. The predicted molar refractivity (Wildman–Crippen MR) is 71.4 cm³/mol. The number of benzene rings is 1. The summed E-state index contributed by atoms with van der Waals surface area (Å²) in [6.07, 6.45) is -0.460. The zero-order valence-corrected chi connectivity index (χ0v) is 11.4. The number of hydrogen-bond acceptors (Lipinski definition) is 4. The van der Waals surface area contributed by atoms with Crippen molar-refractivity contribution in [3.8, 4) is 0 Å². The number of carbonyl (C=O) groups is 1. The molecule has 1 aliphatic rings. The Kier molecular flexibility index (Phi) is 4.36. The summed E-state index contributed by atoms with van der Waals surface area (Å²) in [5.41, 5.74) is 0.613. The van der Waals surface area contributed by atoms with Gasteiger partial charge in [0, 0.05) is 17.5 Å². The lowest BCUT2D eigenvalue weighted by Gasteiger charge is -2.38. The average Bonchev–Trinajstić information content (AvgIpc) is 2.32. The normalized spacial score (nSPS) is 20.7. The zero-order valence-electron chi connectivity index (χ0n) is 10.6. The van der Waals surface area contributed by atoms with Crippen LogP contribution in [0.25, 0.3) is 0 Å². The van der Waals surface area contributed by atoms with Crippen molar-refractivity contribution in [1.82, 2.24) is 5.32 Å². The van der Waals surface area contributed by atoms with Crippen molar-refractivity contribution >= 4 is 24.2 Å². The highest BCUT2D eigenvalue weighted by atomic mass is 35.5. The van der Waals surface area contributed by atoms with Crippen LogP contribution in [0.5, 0.6) is 0 Å². The first-order chi connectivity index (χ1) is 8.40. The van der Waals surface area contributed by atoms with E-state index in [0.717, 1.165) is 5.56 Å². The summed E-state index contributed by atoms with van der Waals surface area (Å²) in [7, 11) is 0. The summed E-state index contributed by atoms with van der Waals surface area (Å²) in [6, 6.07) is 5.99. The molecule has 0 radical (unpaired) electrons. The van der Waals surface area contributed by atoms with Gasteiger partial charge in [0.25, 0.3) is 5.69 Å². The summed E-state index contributed by atoms with van der Waals surface area (Å²) in [5, 5.41) is 13.3. The molecule has 1 aromatic rings. The molecular weight excluding hydrogens is 272 g/mol. The van der Waals surface area contributed by atoms with Crippen LogP contribution in [0, 0.1) is 15.5 Å². The van der Waals surface area contributed by atoms with E-state index >= 15 is 0 Å². The Morgan fingerprint density at radius 1 is 1.37 bits per heavy atom. The van der Waals surface area contributed by atoms with Gasteiger partial charge in [0.2, 0.25) is 0 Å². The minimum Gasteiger partial charge on any atom is -0.449 e. The lowest BCUT2D eigenvalue weighted by atomic mass is 9.80. The minimum absolute atomic E-state index is 0. The van der Waals surface area contributed by atoms with Gasteiger partial charge in [0.15, 0.2) is 0 Å². The Bertz CT molecular complexity index is 487. The first-order valence-electron chi connectivity index (χ1n) is 5.58. The fourth-order valence-electron chi connectivity index (χ4n) is 2.01. The standard InChI is InChI=1S/C12H14N2O4.ClH/c1-12(2)7-18-11(15)13-10(12)8-3-5-9(6-4-8)14(16)17;/h3-6,10H,7H2,1-2H3,(H,13,15);1H/t10-;/m0./s1. The lowest BCUT2D eigenvalue weighted by molar-refractivity contribution is -0.384. The fourth-order valence-corrected chi connectivity index (χ4v) is 2.01. The molecule has 0 aliphatic carbocycles. The van der Waals surface area contributed by atoms with Crippen molar-refractivity contribution in [3.05, 3.63) is 39.9 Å². The second kappa shape index (κ2) is 5.44. The van der Waals surface area contributed by atoms with Gasteiger partial charge in [0.05, 0.1) is 11.0 Å². The SMILES string of the molecule is CC1(C)COC(=O)N[C@H]1c1ccc([N+](=O)[O-])cc1.Cl. The Morgan fingerprint density at radius 2 is 1.95 bits per heavy atom. The van der Waals surface area contributed by atoms with E-state index in [1.54, 1.807) is 12.1 Å². The van der Waals surface area contributed by atoms with Gasteiger partial charge in [-0.1, -0.05) is 26.0 Å². The minimum atomic E-state index is -0.460. The Hall–Kier alpha value is -1.82. The van der Waals surface area contributed by atoms with Gasteiger partial charge < -0.3 is 10.1 Å². The number of hydrogen-bond donors (Lipinski definition) is 1. The summed E-state index contributed by atoms with van der Waals surface area (Å²) in [6.45, 7) is 4.26. The summed E-state index contributed by atoms with van der Waals surface area (Å²) >= 11 is 0. The van der Waals surface area contributed by atoms with Crippen LogP contribution < -0.4 is 5.32 Å². The number of nitro benzene ring substituents is 1. The van der Waals surface area contributed by atoms with E-state index in [1.165, 1.54) is 12.1 Å². The zero-order chi connectivity index (χ0) is 13.3. The number of nitrogens with one attached hydrogen (secondary N) is 1. The molecule has 2 rings (SSSR count). The van der Waals surface area contributed by atoms with E-state index in [4.69, 9.17) is 4.74 Å². The van der Waals surface area contributed by atoms with Crippen molar-refractivity contribution in [1.29, 1.82) is 0 Å². The number of ether oxygens (including phenoxy) is 1. The van der Waals surface area contributed by atoms with E-state index in [1.807, 2.05) is 13.8 Å². The Labute approximate surface area is 116 Å². The van der Waals surface area contributed by atoms with Gasteiger partial charge in [-0.05, 0) is 5.56 Å². The number of halogens is 1. The molecular formula is C12H15ClN2O4. The summed E-state index contributed by atoms with van der Waals surface area (Å²) < 4.78 is 4.95. The van der Waals surface area contributed by atoms with E-state index in [2.05, 4.69) is 5.32 Å². The molecule has 104 valence electrons. The Morgan fingerprint density at radius 3 is 2.47 bits per heavy atom. The number of amides is 1. The summed E-state index contributed by atoms with van der Waals surface area (Å²) in [4.78, 5) is 21.4. The van der Waals surface area contributed by atoms with E-state index in [0.29, 0.717) is 6.61 Å². The second-order valence-corrected chi connectivity index (χ2v) is 4.99. The van der Waals surface area contributed by atoms with Gasteiger partial charge in [-0.25, -0.2) is 4.79 Å². The van der Waals surface area contributed by atoms with Crippen LogP contribution >= 0.6 is 12.4 Å². The number of nitrogens with zero attached hydrogens (tertiary/aromatic N) is 1. The average molecular weight is 287 g/mol. The molecule has 1 aliphatic heterocycles. The van der Waals surface area contributed by atoms with Crippen LogP contribution in [0.1, 0.15) is 25.5 Å². The van der Waals surface area contributed by atoms with Gasteiger partial charge >= 0.3 is 6.09 Å². The number of non-ortho nitro benzene ring substituents is 1. The first kappa shape index (κ1) is 15.2. The number of carbonyl (C=O) groups excluding carboxylic acids is 1. The van der Waals surface area contributed by atoms with Crippen LogP contribution in [-0.4, -0.2) is 17.6 Å². The molecule has 1 saturated heterocycles. The second-order valence-electron chi connectivity index (χ2n) is 4.99. The quantitative estimate of drug-likeness (QED) is 0.669. The fraction of sp³-hybridized carbons (Fsp3) is 0.417. The maximum Gasteiger partial charge on any atom is 0.407 e. The molecule has 0 unspecified atom stereocenters. The maximum absolute atomic E-state index is 11.3. The third-order valence-electron chi connectivity index (χ3n) is 3.06. The number of alkyl carbamates (subject to hydrolysis) is 1. The molecule has 0 saturated carbocycles. The molecule has 6 nitrogen and oxygen atoms in total. The van der Waals surface area contributed by atoms with Gasteiger partial charge in [-0.3, -0.25) is 10.1 Å². The van der Waals surface area contributed by atoms with Crippen molar-refractivity contribution < 1.29 is 14.5 Å².